The molecule has 1 N–H and O–H groups in total. The summed E-state index contributed by atoms with van der Waals surface area (Å²) in [6.45, 7) is 2.24. The minimum Gasteiger partial charge on any atom is -0.357 e. The first-order chi connectivity index (χ1) is 10.3. The number of para-hydroxylation sites is 1. The van der Waals surface area contributed by atoms with Gasteiger partial charge >= 0.3 is 0 Å². The average Bonchev–Trinajstić information content (AvgIpc) is 2.50. The number of nitrogens with one attached hydrogen (secondary N) is 1. The molecule has 112 valence electrons. The highest BCUT2D eigenvalue weighted by atomic mass is 32.2. The lowest BCUT2D eigenvalue weighted by atomic mass is 9.86. The molecule has 0 bridgehead atoms. The van der Waals surface area contributed by atoms with Crippen LogP contribution in [0.2, 0.25) is 0 Å². The molecule has 1 heterocycles. The van der Waals surface area contributed by atoms with Gasteiger partial charge in [-0.05, 0) is 30.9 Å². The zero-order valence-corrected chi connectivity index (χ0v) is 13.5. The van der Waals surface area contributed by atoms with Crippen molar-refractivity contribution in [3.63, 3.8) is 0 Å². The average molecular weight is 301 g/mol. The quantitative estimate of drug-likeness (QED) is 0.742. The summed E-state index contributed by atoms with van der Waals surface area (Å²) >= 11 is 1.65. The number of carbonyl (C=O) groups is 1. The van der Waals surface area contributed by atoms with E-state index < -0.39 is 0 Å². The molecule has 1 atom stereocenters. The Bertz CT molecular complexity index is 564. The predicted molar refractivity (Wildman–Crippen MR) is 89.4 cm³/mol. The molecule has 0 saturated heterocycles. The van der Waals surface area contributed by atoms with E-state index >= 15 is 0 Å². The summed E-state index contributed by atoms with van der Waals surface area (Å²) < 4.78 is 0. The maximum Gasteiger partial charge on any atom is 0.171 e. The zero-order valence-electron chi connectivity index (χ0n) is 12.7. The molecule has 3 rings (SSSR count). The molecular weight excluding hydrogens is 278 g/mol. The molecule has 1 aromatic rings. The molecule has 1 aliphatic carbocycles. The summed E-state index contributed by atoms with van der Waals surface area (Å²) in [5.41, 5.74) is 2.32. The minimum atomic E-state index is 0.337. The Morgan fingerprint density at radius 1 is 1.19 bits per heavy atom. The maximum atomic E-state index is 12.4. The van der Waals surface area contributed by atoms with Crippen LogP contribution in [0.4, 0.5) is 5.69 Å². The van der Waals surface area contributed by atoms with Crippen molar-refractivity contribution in [2.75, 3.05) is 5.32 Å². The fraction of sp³-hybridized carbons (Fsp3) is 0.500. The number of hydrogen-bond acceptors (Lipinski definition) is 3. The van der Waals surface area contributed by atoms with E-state index in [-0.39, 0.29) is 0 Å². The number of unbranched alkanes of at least 4 members (excludes halogenated alkanes) is 3. The number of rotatable bonds is 5. The van der Waals surface area contributed by atoms with Crippen LogP contribution in [0.3, 0.4) is 0 Å². The largest absolute Gasteiger partial charge is 0.357 e. The lowest BCUT2D eigenvalue weighted by Crippen LogP contribution is -2.23. The van der Waals surface area contributed by atoms with E-state index in [1.165, 1.54) is 37.0 Å². The normalized spacial score (nSPS) is 20.8. The highest BCUT2D eigenvalue weighted by Crippen LogP contribution is 2.45. The van der Waals surface area contributed by atoms with Crippen LogP contribution in [0, 0.1) is 5.92 Å². The van der Waals surface area contributed by atoms with Crippen molar-refractivity contribution in [3.8, 4) is 0 Å². The second-order valence-corrected chi connectivity index (χ2v) is 7.13. The Labute approximate surface area is 131 Å². The Morgan fingerprint density at radius 2 is 2.05 bits per heavy atom. The highest BCUT2D eigenvalue weighted by Gasteiger charge is 2.31. The first-order valence-corrected chi connectivity index (χ1v) is 8.90. The van der Waals surface area contributed by atoms with Gasteiger partial charge in [0.05, 0.1) is 10.6 Å². The van der Waals surface area contributed by atoms with Crippen molar-refractivity contribution in [2.45, 2.75) is 56.8 Å². The van der Waals surface area contributed by atoms with Crippen LogP contribution in [-0.2, 0) is 4.79 Å². The van der Waals surface area contributed by atoms with Crippen molar-refractivity contribution in [3.05, 3.63) is 34.9 Å². The molecule has 0 spiro atoms. The van der Waals surface area contributed by atoms with E-state index in [0.717, 1.165) is 29.1 Å². The number of allylic oxidation sites excluding steroid dienone is 2. The molecule has 0 saturated carbocycles. The molecular formula is C18H23NOS. The Kier molecular flexibility index (Phi) is 4.69. The van der Waals surface area contributed by atoms with Crippen LogP contribution in [0.1, 0.15) is 51.9 Å². The second-order valence-electron chi connectivity index (χ2n) is 6.08. The van der Waals surface area contributed by atoms with E-state index in [1.54, 1.807) is 11.8 Å². The Balaban J connectivity index is 1.66. The maximum absolute atomic E-state index is 12.4. The van der Waals surface area contributed by atoms with Gasteiger partial charge in [-0.25, -0.2) is 0 Å². The van der Waals surface area contributed by atoms with Gasteiger partial charge in [0, 0.05) is 17.0 Å². The Hall–Kier alpha value is -1.22. The van der Waals surface area contributed by atoms with Gasteiger partial charge in [0.25, 0.3) is 0 Å². The number of hydrogen-bond donors (Lipinski definition) is 1. The zero-order chi connectivity index (χ0) is 14.7. The van der Waals surface area contributed by atoms with Gasteiger partial charge in [0.2, 0.25) is 0 Å². The molecule has 1 unspecified atom stereocenters. The van der Waals surface area contributed by atoms with Crippen molar-refractivity contribution >= 4 is 23.2 Å². The van der Waals surface area contributed by atoms with E-state index in [1.807, 2.05) is 12.1 Å². The SMILES string of the molecule is CCCCCCC1CC(=O)C2=C(C1)Nc1ccccc1S2. The number of Topliss-reactive ketones (excluding diaryl/α,β-unsaturated/α-hetero) is 1. The molecule has 1 aliphatic heterocycles. The van der Waals surface area contributed by atoms with Crippen LogP contribution in [0.5, 0.6) is 0 Å². The fourth-order valence-corrected chi connectivity index (χ4v) is 4.25. The standard InChI is InChI=1S/C18H23NOS/c1-2-3-4-5-8-13-11-15-18(16(20)12-13)21-17-10-7-6-9-14(17)19-15/h6-7,9-10,13,19H,2-5,8,11-12H2,1H3. The monoisotopic (exact) mass is 301 g/mol. The first kappa shape index (κ1) is 14.7. The van der Waals surface area contributed by atoms with Gasteiger partial charge in [0.15, 0.2) is 5.78 Å². The van der Waals surface area contributed by atoms with Crippen LogP contribution >= 0.6 is 11.8 Å². The second kappa shape index (κ2) is 6.69. The Morgan fingerprint density at radius 3 is 2.90 bits per heavy atom. The minimum absolute atomic E-state index is 0.337. The number of anilines is 1. The third-order valence-corrected chi connectivity index (χ3v) is 5.60. The number of benzene rings is 1. The fourth-order valence-electron chi connectivity index (χ4n) is 3.20. The van der Waals surface area contributed by atoms with Gasteiger partial charge in [-0.15, -0.1) is 0 Å². The van der Waals surface area contributed by atoms with Gasteiger partial charge in [-0.1, -0.05) is 56.5 Å². The molecule has 2 aliphatic rings. The highest BCUT2D eigenvalue weighted by molar-refractivity contribution is 8.04. The van der Waals surface area contributed by atoms with Crippen LogP contribution in [0.25, 0.3) is 0 Å². The number of carbonyl (C=O) groups excluding carboxylic acids is 1. The molecule has 1 aromatic carbocycles. The molecule has 0 radical (unpaired) electrons. The molecule has 0 aromatic heterocycles. The third kappa shape index (κ3) is 3.34. The van der Waals surface area contributed by atoms with Crippen molar-refractivity contribution in [1.82, 2.24) is 0 Å². The summed E-state index contributed by atoms with van der Waals surface area (Å²) in [6.07, 6.45) is 8.12. The van der Waals surface area contributed by atoms with E-state index in [0.29, 0.717) is 11.7 Å². The van der Waals surface area contributed by atoms with Crippen molar-refractivity contribution in [2.24, 2.45) is 5.92 Å². The van der Waals surface area contributed by atoms with E-state index in [9.17, 15) is 4.79 Å². The predicted octanol–water partition coefficient (Wildman–Crippen LogP) is 5.37. The number of ketones is 1. The van der Waals surface area contributed by atoms with E-state index in [4.69, 9.17) is 0 Å². The topological polar surface area (TPSA) is 29.1 Å². The lowest BCUT2D eigenvalue weighted by molar-refractivity contribution is -0.116. The van der Waals surface area contributed by atoms with Gasteiger partial charge in [-0.3, -0.25) is 4.79 Å². The summed E-state index contributed by atoms with van der Waals surface area (Å²) in [5.74, 6) is 0.871. The van der Waals surface area contributed by atoms with Crippen molar-refractivity contribution in [1.29, 1.82) is 0 Å². The molecule has 2 nitrogen and oxygen atoms in total. The van der Waals surface area contributed by atoms with E-state index in [2.05, 4.69) is 24.4 Å². The summed E-state index contributed by atoms with van der Waals surface area (Å²) in [5, 5.41) is 3.50. The van der Waals surface area contributed by atoms with Crippen LogP contribution in [0.15, 0.2) is 39.8 Å². The summed E-state index contributed by atoms with van der Waals surface area (Å²) in [7, 11) is 0. The van der Waals surface area contributed by atoms with Gasteiger partial charge < -0.3 is 5.32 Å². The van der Waals surface area contributed by atoms with Gasteiger partial charge in [0.1, 0.15) is 0 Å². The molecule has 3 heteroatoms. The molecule has 0 amide bonds. The summed E-state index contributed by atoms with van der Waals surface area (Å²) in [6, 6.07) is 8.26. The van der Waals surface area contributed by atoms with Crippen molar-refractivity contribution < 1.29 is 4.79 Å². The third-order valence-electron chi connectivity index (χ3n) is 4.34. The number of fused-ring (bicyclic) bond motifs is 1. The smallest absolute Gasteiger partial charge is 0.171 e. The van der Waals surface area contributed by atoms with Crippen LogP contribution in [-0.4, -0.2) is 5.78 Å². The molecule has 0 fully saturated rings. The first-order valence-electron chi connectivity index (χ1n) is 8.08. The number of thioether (sulfide) groups is 1. The van der Waals surface area contributed by atoms with Crippen LogP contribution < -0.4 is 5.32 Å². The lowest BCUT2D eigenvalue weighted by Gasteiger charge is -2.30. The summed E-state index contributed by atoms with van der Waals surface area (Å²) in [4.78, 5) is 14.5. The van der Waals surface area contributed by atoms with Gasteiger partial charge in [-0.2, -0.15) is 0 Å². The molecule has 21 heavy (non-hydrogen) atoms.